The van der Waals surface area contributed by atoms with Crippen LogP contribution in [-0.4, -0.2) is 22.1 Å². The van der Waals surface area contributed by atoms with Gasteiger partial charge in [0.05, 0.1) is 18.3 Å². The third-order valence-electron chi connectivity index (χ3n) is 5.37. The molecule has 0 bridgehead atoms. The highest BCUT2D eigenvalue weighted by atomic mass is 32.1. The van der Waals surface area contributed by atoms with Crippen molar-refractivity contribution in [2.75, 3.05) is 6.61 Å². The van der Waals surface area contributed by atoms with Crippen molar-refractivity contribution in [2.24, 2.45) is 0 Å². The van der Waals surface area contributed by atoms with Crippen LogP contribution in [0.25, 0.3) is 10.2 Å². The topological polar surface area (TPSA) is 70.4 Å². The maximum atomic E-state index is 13.0. The van der Waals surface area contributed by atoms with Gasteiger partial charge in [0.15, 0.2) is 0 Å². The van der Waals surface area contributed by atoms with E-state index in [1.54, 1.807) is 17.8 Å². The number of esters is 1. The molecular weight excluding hydrogens is 436 g/mol. The Balaban J connectivity index is 1.38. The molecule has 33 heavy (non-hydrogen) atoms. The van der Waals surface area contributed by atoms with Gasteiger partial charge in [-0.2, -0.15) is 0 Å². The maximum Gasteiger partial charge on any atom is 0.349 e. The Kier molecular flexibility index (Phi) is 7.19. The lowest BCUT2D eigenvalue weighted by Gasteiger charge is -2.08. The number of nitrogens with zero attached hydrogens (tertiary/aromatic N) is 2. The minimum Gasteiger partial charge on any atom is -0.494 e. The van der Waals surface area contributed by atoms with E-state index in [-0.39, 0.29) is 12.2 Å². The van der Waals surface area contributed by atoms with Crippen molar-refractivity contribution < 1.29 is 14.3 Å². The Bertz CT molecular complexity index is 1310. The van der Waals surface area contributed by atoms with Crippen molar-refractivity contribution in [3.8, 4) is 5.75 Å². The van der Waals surface area contributed by atoms with E-state index in [9.17, 15) is 9.59 Å². The van der Waals surface area contributed by atoms with Crippen molar-refractivity contribution in [1.82, 2.24) is 9.55 Å². The van der Waals surface area contributed by atoms with Gasteiger partial charge in [0, 0.05) is 6.54 Å². The first-order valence-corrected chi connectivity index (χ1v) is 11.7. The van der Waals surface area contributed by atoms with Gasteiger partial charge in [-0.15, -0.1) is 11.3 Å². The lowest BCUT2D eigenvalue weighted by Crippen LogP contribution is -2.21. The van der Waals surface area contributed by atoms with E-state index >= 15 is 0 Å². The summed E-state index contributed by atoms with van der Waals surface area (Å²) >= 11 is 1.20. The van der Waals surface area contributed by atoms with Gasteiger partial charge in [-0.3, -0.25) is 9.36 Å². The minimum absolute atomic E-state index is 0.129. The number of unbranched alkanes of at least 4 members (excludes halogenated alkanes) is 1. The fraction of sp³-hybridized carbons (Fsp3) is 0.269. The average Bonchev–Trinajstić information content (AvgIpc) is 3.16. The number of ether oxygens (including phenoxy) is 2. The predicted molar refractivity (Wildman–Crippen MR) is 130 cm³/mol. The van der Waals surface area contributed by atoms with E-state index in [4.69, 9.17) is 9.47 Å². The molecule has 6 nitrogen and oxygen atoms in total. The van der Waals surface area contributed by atoms with Crippen LogP contribution in [-0.2, 0) is 17.9 Å². The van der Waals surface area contributed by atoms with Crippen LogP contribution < -0.4 is 10.3 Å². The van der Waals surface area contributed by atoms with Crippen molar-refractivity contribution in [2.45, 2.75) is 39.8 Å². The third kappa shape index (κ3) is 5.49. The molecule has 2 aromatic heterocycles. The second-order valence-electron chi connectivity index (χ2n) is 7.91. The summed E-state index contributed by atoms with van der Waals surface area (Å²) in [5.74, 6) is 0.425. The van der Waals surface area contributed by atoms with Gasteiger partial charge in [0.25, 0.3) is 5.56 Å². The molecule has 0 fully saturated rings. The Labute approximate surface area is 196 Å². The van der Waals surface area contributed by atoms with Crippen molar-refractivity contribution in [1.29, 1.82) is 0 Å². The monoisotopic (exact) mass is 462 g/mol. The first kappa shape index (κ1) is 22.7. The molecule has 0 radical (unpaired) electrons. The molecular formula is C26H26N2O4S. The maximum absolute atomic E-state index is 13.0. The highest BCUT2D eigenvalue weighted by molar-refractivity contribution is 7.20. The highest BCUT2D eigenvalue weighted by Crippen LogP contribution is 2.27. The summed E-state index contributed by atoms with van der Waals surface area (Å²) < 4.78 is 12.8. The molecule has 7 heteroatoms. The fourth-order valence-electron chi connectivity index (χ4n) is 3.58. The minimum atomic E-state index is -0.432. The molecule has 0 amide bonds. The van der Waals surface area contributed by atoms with Crippen LogP contribution in [0.3, 0.4) is 0 Å². The second kappa shape index (κ2) is 10.4. The molecule has 0 aliphatic rings. The third-order valence-corrected chi connectivity index (χ3v) is 6.55. The Morgan fingerprint density at radius 3 is 2.67 bits per heavy atom. The number of carbonyl (C=O) groups is 1. The lowest BCUT2D eigenvalue weighted by molar-refractivity contribution is 0.0478. The number of thiophene rings is 1. The van der Waals surface area contributed by atoms with Crippen LogP contribution in [0.1, 0.15) is 39.2 Å². The largest absolute Gasteiger partial charge is 0.494 e. The van der Waals surface area contributed by atoms with E-state index in [0.29, 0.717) is 33.8 Å². The molecule has 0 aliphatic heterocycles. The van der Waals surface area contributed by atoms with Gasteiger partial charge in [-0.05, 0) is 55.5 Å². The van der Waals surface area contributed by atoms with Crippen molar-refractivity contribution in [3.05, 3.63) is 92.8 Å². The first-order chi connectivity index (χ1) is 16.0. The number of hydrogen-bond donors (Lipinski definition) is 0. The Morgan fingerprint density at radius 2 is 1.88 bits per heavy atom. The van der Waals surface area contributed by atoms with E-state index in [2.05, 4.69) is 4.98 Å². The molecule has 170 valence electrons. The van der Waals surface area contributed by atoms with Gasteiger partial charge in [0.2, 0.25) is 0 Å². The van der Waals surface area contributed by atoms with Crippen LogP contribution in [0.2, 0.25) is 0 Å². The molecule has 0 unspecified atom stereocenters. The normalized spacial score (nSPS) is 11.0. The van der Waals surface area contributed by atoms with E-state index < -0.39 is 5.97 Å². The summed E-state index contributed by atoms with van der Waals surface area (Å²) in [6, 6.07) is 17.5. The number of aryl methyl sites for hydroxylation is 3. The quantitative estimate of drug-likeness (QED) is 0.250. The summed E-state index contributed by atoms with van der Waals surface area (Å²) in [7, 11) is 0. The molecule has 4 rings (SSSR count). The predicted octanol–water partition coefficient (Wildman–Crippen LogP) is 5.29. The van der Waals surface area contributed by atoms with Gasteiger partial charge in [-0.25, -0.2) is 9.78 Å². The fourth-order valence-corrected chi connectivity index (χ4v) is 4.61. The number of aromatic nitrogens is 2. The summed E-state index contributed by atoms with van der Waals surface area (Å²) in [6.45, 7) is 5.13. The second-order valence-corrected chi connectivity index (χ2v) is 8.91. The summed E-state index contributed by atoms with van der Waals surface area (Å²) in [5, 5.41) is 0.491. The van der Waals surface area contributed by atoms with Gasteiger partial charge >= 0.3 is 5.97 Å². The van der Waals surface area contributed by atoms with Crippen LogP contribution in [0.5, 0.6) is 5.75 Å². The number of fused-ring (bicyclic) bond motifs is 1. The number of rotatable bonds is 9. The summed E-state index contributed by atoms with van der Waals surface area (Å²) in [6.07, 6.45) is 3.16. The molecule has 4 aromatic rings. The van der Waals surface area contributed by atoms with Crippen LogP contribution in [0.15, 0.2) is 65.7 Å². The number of hydrogen-bond acceptors (Lipinski definition) is 6. The molecule has 0 spiro atoms. The first-order valence-electron chi connectivity index (χ1n) is 10.9. The molecule has 0 atom stereocenters. The zero-order chi connectivity index (χ0) is 23.2. The average molecular weight is 463 g/mol. The van der Waals surface area contributed by atoms with Crippen LogP contribution in [0.4, 0.5) is 0 Å². The molecule has 2 aromatic carbocycles. The van der Waals surface area contributed by atoms with Crippen molar-refractivity contribution >= 4 is 27.5 Å². The van der Waals surface area contributed by atoms with E-state index in [1.807, 2.05) is 61.5 Å². The Hall–Kier alpha value is -3.45. The van der Waals surface area contributed by atoms with Crippen molar-refractivity contribution in [3.63, 3.8) is 0 Å². The van der Waals surface area contributed by atoms with Crippen LogP contribution in [0, 0.1) is 13.8 Å². The summed E-state index contributed by atoms with van der Waals surface area (Å²) in [4.78, 5) is 31.1. The van der Waals surface area contributed by atoms with Gasteiger partial charge in [0.1, 0.15) is 22.1 Å². The number of benzene rings is 2. The molecule has 0 N–H and O–H groups in total. The van der Waals surface area contributed by atoms with Gasteiger partial charge in [-0.1, -0.05) is 42.5 Å². The SMILES string of the molecule is Cc1cccc(OCCCCn2cnc3sc(C(=O)OCc4ccccc4)c(C)c3c2=O)c1. The smallest absolute Gasteiger partial charge is 0.349 e. The molecule has 0 aliphatic carbocycles. The zero-order valence-electron chi connectivity index (χ0n) is 18.7. The standard InChI is InChI=1S/C26H26N2O4S/c1-18-9-8-12-21(15-18)31-14-7-6-13-28-17-27-24-22(25(28)29)19(2)23(33-24)26(30)32-16-20-10-4-3-5-11-20/h3-5,8-12,15,17H,6-7,13-14,16H2,1-2H3. The number of carbonyl (C=O) groups excluding carboxylic acids is 1. The molecule has 0 saturated heterocycles. The summed E-state index contributed by atoms with van der Waals surface area (Å²) in [5.41, 5.74) is 2.57. The Morgan fingerprint density at radius 1 is 1.06 bits per heavy atom. The zero-order valence-corrected chi connectivity index (χ0v) is 19.6. The molecule has 0 saturated carbocycles. The highest BCUT2D eigenvalue weighted by Gasteiger charge is 2.20. The van der Waals surface area contributed by atoms with E-state index in [0.717, 1.165) is 29.7 Å². The van der Waals surface area contributed by atoms with E-state index in [1.165, 1.54) is 11.3 Å². The van der Waals surface area contributed by atoms with Gasteiger partial charge < -0.3 is 9.47 Å². The van der Waals surface area contributed by atoms with Crippen LogP contribution >= 0.6 is 11.3 Å². The lowest BCUT2D eigenvalue weighted by atomic mass is 10.2. The molecule has 2 heterocycles.